The van der Waals surface area contributed by atoms with Crippen LogP contribution in [0.25, 0.3) is 0 Å². The molecular formula is C18H20ClNO4. The van der Waals surface area contributed by atoms with Crippen molar-refractivity contribution in [3.05, 3.63) is 34.9 Å². The van der Waals surface area contributed by atoms with Crippen LogP contribution in [0.4, 0.5) is 0 Å². The van der Waals surface area contributed by atoms with Gasteiger partial charge in [-0.2, -0.15) is 0 Å². The second kappa shape index (κ2) is 6.93. The predicted octanol–water partition coefficient (Wildman–Crippen LogP) is 3.73. The van der Waals surface area contributed by atoms with E-state index in [1.54, 1.807) is 6.07 Å². The van der Waals surface area contributed by atoms with Gasteiger partial charge in [-0.05, 0) is 38.2 Å². The largest absolute Gasteiger partial charge is 0.481 e. The molecule has 0 amide bonds. The molecule has 0 unspecified atom stereocenters. The number of nitrogens with zero attached hydrogens (tertiary/aromatic N) is 1. The van der Waals surface area contributed by atoms with Gasteiger partial charge in [-0.25, -0.2) is 4.99 Å². The van der Waals surface area contributed by atoms with Gasteiger partial charge in [-0.15, -0.1) is 0 Å². The maximum Gasteiger partial charge on any atom is 0.303 e. The van der Waals surface area contributed by atoms with Crippen molar-refractivity contribution < 1.29 is 19.4 Å². The van der Waals surface area contributed by atoms with Crippen LogP contribution in [0.1, 0.15) is 50.5 Å². The number of unbranched alkanes of at least 4 members (excludes halogenated alkanes) is 1. The molecule has 128 valence electrons. The average molecular weight is 350 g/mol. The number of aliphatic imine (C=N–C) groups is 1. The normalized spacial score (nSPS) is 25.8. The van der Waals surface area contributed by atoms with Crippen molar-refractivity contribution >= 4 is 29.3 Å². The third kappa shape index (κ3) is 3.18. The third-order valence-corrected chi connectivity index (χ3v) is 4.98. The van der Waals surface area contributed by atoms with Crippen LogP contribution in [0.2, 0.25) is 5.02 Å². The molecule has 0 radical (unpaired) electrons. The fraction of sp³-hybridized carbons (Fsp3) is 0.500. The van der Waals surface area contributed by atoms with E-state index >= 15 is 0 Å². The Bertz CT molecular complexity index is 687. The van der Waals surface area contributed by atoms with E-state index in [4.69, 9.17) is 21.4 Å². The van der Waals surface area contributed by atoms with Gasteiger partial charge in [0, 0.05) is 23.4 Å². The minimum absolute atomic E-state index is 0.0175. The quantitative estimate of drug-likeness (QED) is 0.794. The number of ether oxygens (including phenoxy) is 1. The fourth-order valence-corrected chi connectivity index (χ4v) is 3.77. The summed E-state index contributed by atoms with van der Waals surface area (Å²) in [4.78, 5) is 28.2. The Kier molecular flexibility index (Phi) is 4.90. The molecule has 0 aromatic heterocycles. The van der Waals surface area contributed by atoms with Crippen LogP contribution in [0.15, 0.2) is 29.3 Å². The number of hydrogen-bond donors (Lipinski definition) is 1. The molecule has 1 aliphatic heterocycles. The highest BCUT2D eigenvalue weighted by atomic mass is 35.5. The minimum atomic E-state index is -0.943. The van der Waals surface area contributed by atoms with E-state index in [9.17, 15) is 9.59 Å². The molecule has 1 aromatic carbocycles. The lowest BCUT2D eigenvalue weighted by atomic mass is 9.74. The first-order chi connectivity index (χ1) is 11.5. The molecule has 0 spiro atoms. The highest BCUT2D eigenvalue weighted by Gasteiger charge is 2.51. The van der Waals surface area contributed by atoms with Crippen molar-refractivity contribution in [2.24, 2.45) is 4.99 Å². The predicted molar refractivity (Wildman–Crippen MR) is 90.4 cm³/mol. The molecule has 2 bridgehead atoms. The Balaban J connectivity index is 1.87. The van der Waals surface area contributed by atoms with Gasteiger partial charge in [-0.3, -0.25) is 9.59 Å². The number of aliphatic carboxylic acids is 1. The molecule has 0 saturated heterocycles. The lowest BCUT2D eigenvalue weighted by Gasteiger charge is -2.41. The Hall–Kier alpha value is -1.88. The molecule has 1 aromatic rings. The number of fused-ring (bicyclic) bond motifs is 2. The van der Waals surface area contributed by atoms with Crippen LogP contribution < -0.4 is 0 Å². The van der Waals surface area contributed by atoms with E-state index in [0.29, 0.717) is 43.0 Å². The summed E-state index contributed by atoms with van der Waals surface area (Å²) in [6.07, 6.45) is 3.63. The number of carboxylic acid groups (broad SMARTS) is 1. The zero-order valence-electron chi connectivity index (χ0n) is 13.3. The van der Waals surface area contributed by atoms with Crippen LogP contribution in [0.3, 0.4) is 0 Å². The summed E-state index contributed by atoms with van der Waals surface area (Å²) >= 11 is 6.34. The number of benzene rings is 1. The van der Waals surface area contributed by atoms with Crippen molar-refractivity contribution in [1.29, 1.82) is 0 Å². The molecule has 2 atom stereocenters. The highest BCUT2D eigenvalue weighted by Crippen LogP contribution is 2.44. The second-order valence-electron chi connectivity index (χ2n) is 6.31. The van der Waals surface area contributed by atoms with Gasteiger partial charge in [0.25, 0.3) is 0 Å². The number of carboxylic acids is 1. The fourth-order valence-electron chi connectivity index (χ4n) is 3.48. The van der Waals surface area contributed by atoms with E-state index < -0.39 is 17.6 Å². The highest BCUT2D eigenvalue weighted by molar-refractivity contribution is 6.32. The number of Topliss-reactive ketones (excluding diaryl/α,β-unsaturated/α-hetero) is 1. The molecule has 1 saturated carbocycles. The summed E-state index contributed by atoms with van der Waals surface area (Å²) in [6, 6.07) is 7.34. The van der Waals surface area contributed by atoms with E-state index in [1.165, 1.54) is 0 Å². The van der Waals surface area contributed by atoms with Crippen molar-refractivity contribution in [3.8, 4) is 0 Å². The maximum atomic E-state index is 12.9. The molecule has 2 aliphatic rings. The molecule has 5 nitrogen and oxygen atoms in total. The summed E-state index contributed by atoms with van der Waals surface area (Å²) in [5.74, 6) is -0.276. The SMILES string of the molecule is O=C(O)CCCCC1=N[C@@]2(c3ccccc3Cl)CCC[C@@H](O1)C2=O. The van der Waals surface area contributed by atoms with Gasteiger partial charge in [0.2, 0.25) is 5.78 Å². The molecule has 6 heteroatoms. The molecule has 1 aliphatic carbocycles. The van der Waals surface area contributed by atoms with Crippen LogP contribution >= 0.6 is 11.6 Å². The number of hydrogen-bond acceptors (Lipinski definition) is 4. The number of carbonyl (C=O) groups is 2. The van der Waals surface area contributed by atoms with Gasteiger partial charge in [0.15, 0.2) is 17.5 Å². The average Bonchev–Trinajstić information content (AvgIpc) is 2.53. The van der Waals surface area contributed by atoms with Crippen molar-refractivity contribution in [2.75, 3.05) is 0 Å². The molecule has 1 N–H and O–H groups in total. The van der Waals surface area contributed by atoms with Gasteiger partial charge >= 0.3 is 5.97 Å². The Morgan fingerprint density at radius 3 is 2.92 bits per heavy atom. The lowest BCUT2D eigenvalue weighted by molar-refractivity contribution is -0.137. The molecule has 1 heterocycles. The summed E-state index contributed by atoms with van der Waals surface area (Å²) in [5, 5.41) is 9.26. The first kappa shape index (κ1) is 17.0. The van der Waals surface area contributed by atoms with E-state index in [1.807, 2.05) is 18.2 Å². The zero-order chi connectivity index (χ0) is 17.2. The van der Waals surface area contributed by atoms with Crippen LogP contribution in [-0.2, 0) is 19.9 Å². The summed E-state index contributed by atoms with van der Waals surface area (Å²) < 4.78 is 5.77. The monoisotopic (exact) mass is 349 g/mol. The summed E-state index contributed by atoms with van der Waals surface area (Å²) in [7, 11) is 0. The summed E-state index contributed by atoms with van der Waals surface area (Å²) in [5.41, 5.74) is -0.200. The van der Waals surface area contributed by atoms with Crippen LogP contribution in [0, 0.1) is 0 Å². The maximum absolute atomic E-state index is 12.9. The third-order valence-electron chi connectivity index (χ3n) is 4.65. The molecule has 24 heavy (non-hydrogen) atoms. The van der Waals surface area contributed by atoms with E-state index in [-0.39, 0.29) is 12.2 Å². The smallest absolute Gasteiger partial charge is 0.303 e. The Morgan fingerprint density at radius 1 is 1.38 bits per heavy atom. The molecular weight excluding hydrogens is 330 g/mol. The van der Waals surface area contributed by atoms with E-state index in [0.717, 1.165) is 12.0 Å². The first-order valence-electron chi connectivity index (χ1n) is 8.29. The van der Waals surface area contributed by atoms with E-state index in [2.05, 4.69) is 4.99 Å². The number of rotatable bonds is 6. The van der Waals surface area contributed by atoms with Crippen LogP contribution in [0.5, 0.6) is 0 Å². The standard InChI is InChI=1S/C18H20ClNO4/c19-13-7-2-1-6-12(13)18-11-5-8-14(17(18)23)24-15(20-18)9-3-4-10-16(21)22/h1-2,6-7,14H,3-5,8-11H2,(H,21,22)/t14-,18-/m1/s1. The number of carbonyl (C=O) groups excluding carboxylic acids is 1. The van der Waals surface area contributed by atoms with Crippen molar-refractivity contribution in [3.63, 3.8) is 0 Å². The molecule has 1 fully saturated rings. The van der Waals surface area contributed by atoms with Gasteiger partial charge in [0.05, 0.1) is 0 Å². The second-order valence-corrected chi connectivity index (χ2v) is 6.72. The number of halogens is 1. The topological polar surface area (TPSA) is 76.0 Å². The first-order valence-corrected chi connectivity index (χ1v) is 8.67. The Labute approximate surface area is 145 Å². The minimum Gasteiger partial charge on any atom is -0.481 e. The lowest BCUT2D eigenvalue weighted by Crippen LogP contribution is -2.51. The van der Waals surface area contributed by atoms with Crippen molar-refractivity contribution in [2.45, 2.75) is 56.6 Å². The van der Waals surface area contributed by atoms with Crippen molar-refractivity contribution in [1.82, 2.24) is 0 Å². The van der Waals surface area contributed by atoms with Gasteiger partial charge < -0.3 is 9.84 Å². The Morgan fingerprint density at radius 2 is 2.17 bits per heavy atom. The van der Waals surface area contributed by atoms with Gasteiger partial charge in [0.1, 0.15) is 0 Å². The zero-order valence-corrected chi connectivity index (χ0v) is 14.1. The molecule has 3 rings (SSSR count). The summed E-state index contributed by atoms with van der Waals surface area (Å²) in [6.45, 7) is 0. The van der Waals surface area contributed by atoms with Crippen LogP contribution in [-0.4, -0.2) is 28.9 Å². The van der Waals surface area contributed by atoms with Gasteiger partial charge in [-0.1, -0.05) is 29.8 Å². The number of ketones is 1.